The Balaban J connectivity index is -0.000000484. The molecule has 3 atom stereocenters. The third kappa shape index (κ3) is 9.06. The molecule has 1 fully saturated rings. The van der Waals surface area contributed by atoms with Crippen molar-refractivity contribution in [1.82, 2.24) is 9.55 Å². The van der Waals surface area contributed by atoms with Crippen molar-refractivity contribution in [2.45, 2.75) is 94.4 Å². The minimum atomic E-state index is -0.402. The number of hydrogen-bond acceptors (Lipinski definition) is 3. The zero-order valence-electron chi connectivity index (χ0n) is 17.5. The van der Waals surface area contributed by atoms with Crippen molar-refractivity contribution >= 4 is 0 Å². The SMILES string of the molecule is CC.CC.CC.CC.CC[C@@H]1C[C@H](C)C(n2ccc(=O)[nH]c2=O)O1. The fourth-order valence-electron chi connectivity index (χ4n) is 2.15. The first-order valence-corrected chi connectivity index (χ1v) is 9.58. The van der Waals surface area contributed by atoms with Gasteiger partial charge in [-0.1, -0.05) is 69.2 Å². The summed E-state index contributed by atoms with van der Waals surface area (Å²) in [5.41, 5.74) is -0.778. The molecule has 1 aliphatic rings. The van der Waals surface area contributed by atoms with Crippen LogP contribution >= 0.6 is 0 Å². The summed E-state index contributed by atoms with van der Waals surface area (Å²) < 4.78 is 7.23. The number of aromatic nitrogens is 2. The zero-order chi connectivity index (χ0) is 19.7. The van der Waals surface area contributed by atoms with Gasteiger partial charge in [0.25, 0.3) is 5.56 Å². The third-order valence-corrected chi connectivity index (χ3v) is 3.03. The molecular weight excluding hydrogens is 304 g/mol. The lowest BCUT2D eigenvalue weighted by Crippen LogP contribution is -2.33. The van der Waals surface area contributed by atoms with Crippen molar-refractivity contribution in [1.29, 1.82) is 0 Å². The Kier molecular flexibility index (Phi) is 20.6. The van der Waals surface area contributed by atoms with E-state index in [1.54, 1.807) is 0 Å². The molecule has 24 heavy (non-hydrogen) atoms. The van der Waals surface area contributed by atoms with E-state index in [0.717, 1.165) is 12.8 Å². The van der Waals surface area contributed by atoms with Crippen LogP contribution in [-0.4, -0.2) is 15.7 Å². The standard InChI is InChI=1S/C11H16N2O3.4C2H6/c1-3-8-6-7(2)10(16-8)13-5-4-9(14)12-11(13)15;4*1-2/h4-5,7-8,10H,3,6H2,1-2H3,(H,12,14,15);4*1-2H3/t7-,8+,10?;;;;/m0..../s1. The van der Waals surface area contributed by atoms with Gasteiger partial charge >= 0.3 is 5.69 Å². The second kappa shape index (κ2) is 18.0. The molecule has 1 N–H and O–H groups in total. The van der Waals surface area contributed by atoms with Crippen molar-refractivity contribution < 1.29 is 4.74 Å². The van der Waals surface area contributed by atoms with E-state index in [1.807, 2.05) is 55.4 Å². The summed E-state index contributed by atoms with van der Waals surface area (Å²) in [6.07, 6.45) is 3.35. The summed E-state index contributed by atoms with van der Waals surface area (Å²) in [4.78, 5) is 24.8. The van der Waals surface area contributed by atoms with E-state index in [4.69, 9.17) is 4.74 Å². The van der Waals surface area contributed by atoms with Crippen LogP contribution in [0.15, 0.2) is 21.9 Å². The smallest absolute Gasteiger partial charge is 0.330 e. The summed E-state index contributed by atoms with van der Waals surface area (Å²) >= 11 is 0. The molecule has 0 bridgehead atoms. The molecule has 1 aliphatic heterocycles. The van der Waals surface area contributed by atoms with Crippen molar-refractivity contribution in [3.63, 3.8) is 0 Å². The van der Waals surface area contributed by atoms with Crippen molar-refractivity contribution in [2.75, 3.05) is 0 Å². The van der Waals surface area contributed by atoms with Crippen molar-refractivity contribution in [2.24, 2.45) is 5.92 Å². The molecule has 0 radical (unpaired) electrons. The molecule has 5 heteroatoms. The van der Waals surface area contributed by atoms with Crippen LogP contribution in [0, 0.1) is 5.92 Å². The molecule has 0 amide bonds. The maximum absolute atomic E-state index is 11.6. The van der Waals surface area contributed by atoms with Crippen molar-refractivity contribution in [3.05, 3.63) is 33.1 Å². The molecule has 0 aliphatic carbocycles. The van der Waals surface area contributed by atoms with E-state index >= 15 is 0 Å². The predicted octanol–water partition coefficient (Wildman–Crippen LogP) is 4.98. The molecule has 0 aromatic carbocycles. The number of rotatable bonds is 2. The van der Waals surface area contributed by atoms with Gasteiger partial charge in [0, 0.05) is 18.2 Å². The highest BCUT2D eigenvalue weighted by Gasteiger charge is 2.32. The van der Waals surface area contributed by atoms with Crippen LogP contribution in [0.3, 0.4) is 0 Å². The van der Waals surface area contributed by atoms with Gasteiger partial charge in [-0.15, -0.1) is 0 Å². The van der Waals surface area contributed by atoms with E-state index < -0.39 is 5.69 Å². The van der Waals surface area contributed by atoms with E-state index in [-0.39, 0.29) is 23.8 Å². The van der Waals surface area contributed by atoms with Gasteiger partial charge < -0.3 is 4.74 Å². The number of H-pyrrole nitrogens is 1. The Bertz CT molecular complexity index is 480. The second-order valence-corrected chi connectivity index (χ2v) is 4.29. The maximum atomic E-state index is 11.6. The highest BCUT2D eigenvalue weighted by Crippen LogP contribution is 2.33. The van der Waals surface area contributed by atoms with Crippen LogP contribution in [0.5, 0.6) is 0 Å². The highest BCUT2D eigenvalue weighted by molar-refractivity contribution is 4.87. The summed E-state index contributed by atoms with van der Waals surface area (Å²) in [6.45, 7) is 20.1. The van der Waals surface area contributed by atoms with Crippen molar-refractivity contribution in [3.8, 4) is 0 Å². The van der Waals surface area contributed by atoms with Crippen LogP contribution in [0.4, 0.5) is 0 Å². The first-order chi connectivity index (χ1) is 11.6. The van der Waals surface area contributed by atoms with Gasteiger partial charge in [-0.2, -0.15) is 0 Å². The molecular formula is C19H40N2O3. The van der Waals surface area contributed by atoms with Gasteiger partial charge in [-0.3, -0.25) is 14.3 Å². The highest BCUT2D eigenvalue weighted by atomic mass is 16.5. The largest absolute Gasteiger partial charge is 0.354 e. The Morgan fingerprint density at radius 1 is 1.08 bits per heavy atom. The van der Waals surface area contributed by atoms with Gasteiger partial charge in [0.05, 0.1) is 6.10 Å². The number of hydrogen-bond donors (Lipinski definition) is 1. The van der Waals surface area contributed by atoms with Gasteiger partial charge in [0.1, 0.15) is 6.23 Å². The third-order valence-electron chi connectivity index (χ3n) is 3.03. The number of aromatic amines is 1. The molecule has 144 valence electrons. The summed E-state index contributed by atoms with van der Waals surface area (Å²) in [5, 5.41) is 0. The molecule has 2 heterocycles. The van der Waals surface area contributed by atoms with Gasteiger partial charge in [0.15, 0.2) is 0 Å². The van der Waals surface area contributed by atoms with E-state index in [2.05, 4.69) is 18.8 Å². The van der Waals surface area contributed by atoms with Gasteiger partial charge in [-0.05, 0) is 12.8 Å². The number of nitrogens with one attached hydrogen (secondary N) is 1. The first-order valence-electron chi connectivity index (χ1n) is 9.58. The van der Waals surface area contributed by atoms with Crippen LogP contribution in [-0.2, 0) is 4.74 Å². The number of ether oxygens (including phenoxy) is 1. The van der Waals surface area contributed by atoms with Gasteiger partial charge in [-0.25, -0.2) is 4.79 Å². The molecule has 1 saturated heterocycles. The minimum Gasteiger partial charge on any atom is -0.354 e. The predicted molar refractivity (Wildman–Crippen MR) is 105 cm³/mol. The lowest BCUT2D eigenvalue weighted by Gasteiger charge is -2.17. The number of nitrogens with zero attached hydrogens (tertiary/aromatic N) is 1. The van der Waals surface area contributed by atoms with Crippen LogP contribution in [0.25, 0.3) is 0 Å². The lowest BCUT2D eigenvalue weighted by atomic mass is 10.0. The van der Waals surface area contributed by atoms with E-state index in [0.29, 0.717) is 0 Å². The molecule has 1 aromatic heterocycles. The first kappa shape index (κ1) is 27.5. The normalized spacial score (nSPS) is 20.7. The molecule has 0 saturated carbocycles. The summed E-state index contributed by atoms with van der Waals surface area (Å²) in [6, 6.07) is 1.34. The van der Waals surface area contributed by atoms with E-state index in [1.165, 1.54) is 16.8 Å². The Morgan fingerprint density at radius 3 is 1.96 bits per heavy atom. The molecule has 1 aromatic rings. The Hall–Kier alpha value is -1.36. The fourth-order valence-corrected chi connectivity index (χ4v) is 2.15. The monoisotopic (exact) mass is 344 g/mol. The lowest BCUT2D eigenvalue weighted by molar-refractivity contribution is -0.0142. The summed E-state index contributed by atoms with van der Waals surface area (Å²) in [7, 11) is 0. The average molecular weight is 345 g/mol. The summed E-state index contributed by atoms with van der Waals surface area (Å²) in [5.74, 6) is 0.286. The maximum Gasteiger partial charge on any atom is 0.330 e. The molecule has 5 nitrogen and oxygen atoms in total. The fraction of sp³-hybridized carbons (Fsp3) is 0.789. The molecule has 0 spiro atoms. The van der Waals surface area contributed by atoms with Crippen LogP contribution < -0.4 is 11.2 Å². The average Bonchev–Trinajstić information content (AvgIpc) is 3.03. The van der Waals surface area contributed by atoms with Gasteiger partial charge in [0.2, 0.25) is 0 Å². The van der Waals surface area contributed by atoms with E-state index in [9.17, 15) is 9.59 Å². The topological polar surface area (TPSA) is 64.1 Å². The zero-order valence-corrected chi connectivity index (χ0v) is 17.5. The van der Waals surface area contributed by atoms with Crippen LogP contribution in [0.2, 0.25) is 0 Å². The Labute approximate surface area is 148 Å². The Morgan fingerprint density at radius 2 is 1.58 bits per heavy atom. The van der Waals surface area contributed by atoms with Crippen LogP contribution in [0.1, 0.15) is 88.3 Å². The quantitative estimate of drug-likeness (QED) is 0.823. The molecule has 2 rings (SSSR count). The molecule has 1 unspecified atom stereocenters. The minimum absolute atomic E-state index is 0.207. The second-order valence-electron chi connectivity index (χ2n) is 4.29.